The third-order valence-corrected chi connectivity index (χ3v) is 4.96. The van der Waals surface area contributed by atoms with Crippen molar-refractivity contribution in [1.82, 2.24) is 0 Å². The SMILES string of the molecule is CC(C)[C@@H](c1ccccc1)[C@H](c1ccccc1)[C@H](O)c1ccccc1. The largest absolute Gasteiger partial charge is 0.388 e. The molecule has 0 aromatic heterocycles. The third-order valence-electron chi connectivity index (χ3n) is 4.96. The molecule has 0 spiro atoms. The van der Waals surface area contributed by atoms with Crippen LogP contribution >= 0.6 is 0 Å². The average Bonchev–Trinajstić information content (AvgIpc) is 2.67. The Morgan fingerprint density at radius 3 is 1.28 bits per heavy atom. The summed E-state index contributed by atoms with van der Waals surface area (Å²) in [5.41, 5.74) is 3.43. The van der Waals surface area contributed by atoms with Crippen LogP contribution in [-0.4, -0.2) is 5.11 Å². The number of benzene rings is 3. The van der Waals surface area contributed by atoms with Crippen molar-refractivity contribution in [2.24, 2.45) is 5.92 Å². The maximum Gasteiger partial charge on any atom is 0.0864 e. The van der Waals surface area contributed by atoms with Gasteiger partial charge in [-0.25, -0.2) is 0 Å². The molecule has 3 atom stereocenters. The second-order valence-corrected chi connectivity index (χ2v) is 6.97. The summed E-state index contributed by atoms with van der Waals surface area (Å²) in [6.07, 6.45) is -0.545. The molecular weight excluding hydrogens is 304 g/mol. The van der Waals surface area contributed by atoms with Crippen LogP contribution in [-0.2, 0) is 0 Å². The fraction of sp³-hybridized carbons (Fsp3) is 0.250. The summed E-state index contributed by atoms with van der Waals surface area (Å²) >= 11 is 0. The van der Waals surface area contributed by atoms with E-state index in [1.54, 1.807) is 0 Å². The van der Waals surface area contributed by atoms with Gasteiger partial charge in [-0.15, -0.1) is 0 Å². The Hall–Kier alpha value is -2.38. The molecule has 0 radical (unpaired) electrons. The number of rotatable bonds is 6. The molecule has 1 nitrogen and oxygen atoms in total. The summed E-state index contributed by atoms with van der Waals surface area (Å²) in [6.45, 7) is 4.48. The molecule has 0 unspecified atom stereocenters. The fourth-order valence-electron chi connectivity index (χ4n) is 3.80. The minimum Gasteiger partial charge on any atom is -0.388 e. The summed E-state index contributed by atoms with van der Waals surface area (Å²) in [6, 6.07) is 31.0. The summed E-state index contributed by atoms with van der Waals surface area (Å²) in [5.74, 6) is 0.649. The molecule has 1 N–H and O–H groups in total. The molecule has 25 heavy (non-hydrogen) atoms. The molecule has 3 aromatic rings. The summed E-state index contributed by atoms with van der Waals surface area (Å²) in [7, 11) is 0. The van der Waals surface area contributed by atoms with Gasteiger partial charge in [0.2, 0.25) is 0 Å². The highest BCUT2D eigenvalue weighted by atomic mass is 16.3. The van der Waals surface area contributed by atoms with Gasteiger partial charge in [-0.05, 0) is 28.5 Å². The minimum absolute atomic E-state index is 0.00556. The molecule has 0 aliphatic heterocycles. The molecule has 0 saturated carbocycles. The summed E-state index contributed by atoms with van der Waals surface area (Å²) in [5, 5.41) is 11.3. The van der Waals surface area contributed by atoms with Gasteiger partial charge >= 0.3 is 0 Å². The van der Waals surface area contributed by atoms with Crippen LogP contribution in [0.25, 0.3) is 0 Å². The smallest absolute Gasteiger partial charge is 0.0864 e. The fourth-order valence-corrected chi connectivity index (χ4v) is 3.80. The third kappa shape index (κ3) is 4.00. The summed E-state index contributed by atoms with van der Waals surface area (Å²) in [4.78, 5) is 0. The topological polar surface area (TPSA) is 20.2 Å². The Morgan fingerprint density at radius 1 is 0.520 bits per heavy atom. The van der Waals surface area contributed by atoms with Crippen LogP contribution in [0, 0.1) is 5.92 Å². The normalized spacial score (nSPS) is 14.9. The first-order valence-corrected chi connectivity index (χ1v) is 9.01. The van der Waals surface area contributed by atoms with Crippen LogP contribution in [0.1, 0.15) is 48.5 Å². The van der Waals surface area contributed by atoms with Crippen molar-refractivity contribution in [1.29, 1.82) is 0 Å². The van der Waals surface area contributed by atoms with Crippen LogP contribution in [0.5, 0.6) is 0 Å². The van der Waals surface area contributed by atoms with Crippen LogP contribution in [0.15, 0.2) is 91.0 Å². The first-order chi connectivity index (χ1) is 12.2. The highest BCUT2D eigenvalue weighted by molar-refractivity contribution is 5.33. The average molecular weight is 330 g/mol. The van der Waals surface area contributed by atoms with E-state index in [0.717, 1.165) is 5.56 Å². The Morgan fingerprint density at radius 2 is 0.880 bits per heavy atom. The molecule has 0 bridgehead atoms. The van der Waals surface area contributed by atoms with Gasteiger partial charge in [-0.3, -0.25) is 0 Å². The summed E-state index contributed by atoms with van der Waals surface area (Å²) < 4.78 is 0. The zero-order valence-electron chi connectivity index (χ0n) is 14.9. The molecule has 1 heteroatoms. The van der Waals surface area contributed by atoms with Gasteiger partial charge in [0.05, 0.1) is 6.10 Å². The van der Waals surface area contributed by atoms with Gasteiger partial charge in [0.25, 0.3) is 0 Å². The zero-order valence-corrected chi connectivity index (χ0v) is 14.9. The Balaban J connectivity index is 2.09. The molecule has 0 fully saturated rings. The number of aliphatic hydroxyl groups excluding tert-OH is 1. The van der Waals surface area contributed by atoms with Crippen LogP contribution < -0.4 is 0 Å². The van der Waals surface area contributed by atoms with E-state index in [-0.39, 0.29) is 11.8 Å². The van der Waals surface area contributed by atoms with Gasteiger partial charge in [-0.1, -0.05) is 105 Å². The molecule has 0 aliphatic rings. The molecule has 0 amide bonds. The van der Waals surface area contributed by atoms with Gasteiger partial charge < -0.3 is 5.11 Å². The Labute approximate surface area is 151 Å². The van der Waals surface area contributed by atoms with E-state index >= 15 is 0 Å². The molecule has 128 valence electrons. The number of hydrogen-bond donors (Lipinski definition) is 1. The van der Waals surface area contributed by atoms with Crippen molar-refractivity contribution in [2.75, 3.05) is 0 Å². The number of hydrogen-bond acceptors (Lipinski definition) is 1. The maximum absolute atomic E-state index is 11.3. The quantitative estimate of drug-likeness (QED) is 0.592. The molecule has 0 saturated heterocycles. The maximum atomic E-state index is 11.3. The highest BCUT2D eigenvalue weighted by Crippen LogP contribution is 2.45. The standard InChI is InChI=1S/C24H26O/c1-18(2)22(19-12-6-3-7-13-19)23(20-14-8-4-9-15-20)24(25)21-16-10-5-11-17-21/h3-18,22-25H,1-2H3/t22-,23-,24+/m0/s1. The van der Waals surface area contributed by atoms with E-state index in [2.05, 4.69) is 62.4 Å². The van der Waals surface area contributed by atoms with E-state index < -0.39 is 6.10 Å². The lowest BCUT2D eigenvalue weighted by molar-refractivity contribution is 0.121. The van der Waals surface area contributed by atoms with Gasteiger partial charge in [-0.2, -0.15) is 0 Å². The van der Waals surface area contributed by atoms with Gasteiger partial charge in [0.15, 0.2) is 0 Å². The van der Waals surface area contributed by atoms with E-state index in [1.807, 2.05) is 42.5 Å². The second-order valence-electron chi connectivity index (χ2n) is 6.97. The minimum atomic E-state index is -0.545. The van der Waals surface area contributed by atoms with Crippen molar-refractivity contribution in [3.05, 3.63) is 108 Å². The van der Waals surface area contributed by atoms with Crippen molar-refractivity contribution >= 4 is 0 Å². The molecular formula is C24H26O. The first-order valence-electron chi connectivity index (χ1n) is 9.01. The van der Waals surface area contributed by atoms with E-state index in [0.29, 0.717) is 5.92 Å². The zero-order chi connectivity index (χ0) is 17.6. The van der Waals surface area contributed by atoms with Crippen LogP contribution in [0.3, 0.4) is 0 Å². The number of aliphatic hydroxyl groups is 1. The van der Waals surface area contributed by atoms with E-state index in [1.165, 1.54) is 11.1 Å². The van der Waals surface area contributed by atoms with E-state index in [4.69, 9.17) is 0 Å². The Bertz CT molecular complexity index is 750. The van der Waals surface area contributed by atoms with Crippen LogP contribution in [0.4, 0.5) is 0 Å². The van der Waals surface area contributed by atoms with Crippen LogP contribution in [0.2, 0.25) is 0 Å². The first kappa shape index (κ1) is 17.4. The second kappa shape index (κ2) is 8.13. The van der Waals surface area contributed by atoms with Crippen molar-refractivity contribution in [3.63, 3.8) is 0 Å². The van der Waals surface area contributed by atoms with Gasteiger partial charge in [0.1, 0.15) is 0 Å². The lowest BCUT2D eigenvalue weighted by atomic mass is 9.71. The molecule has 0 aliphatic carbocycles. The molecule has 3 rings (SSSR count). The lowest BCUT2D eigenvalue weighted by Crippen LogP contribution is -2.23. The predicted octanol–water partition coefficient (Wildman–Crippen LogP) is 5.94. The van der Waals surface area contributed by atoms with E-state index in [9.17, 15) is 5.11 Å². The molecule has 0 heterocycles. The Kier molecular flexibility index (Phi) is 5.67. The molecule has 3 aromatic carbocycles. The lowest BCUT2D eigenvalue weighted by Gasteiger charge is -2.35. The van der Waals surface area contributed by atoms with Crippen molar-refractivity contribution < 1.29 is 5.11 Å². The van der Waals surface area contributed by atoms with Gasteiger partial charge in [0, 0.05) is 5.92 Å². The monoisotopic (exact) mass is 330 g/mol. The highest BCUT2D eigenvalue weighted by Gasteiger charge is 2.33. The van der Waals surface area contributed by atoms with Crippen molar-refractivity contribution in [2.45, 2.75) is 31.8 Å². The van der Waals surface area contributed by atoms with Crippen molar-refractivity contribution in [3.8, 4) is 0 Å². The predicted molar refractivity (Wildman–Crippen MR) is 105 cm³/mol.